The van der Waals surface area contributed by atoms with Gasteiger partial charge in [-0.25, -0.2) is 0 Å². The van der Waals surface area contributed by atoms with Gasteiger partial charge in [0.15, 0.2) is 6.61 Å². The summed E-state index contributed by atoms with van der Waals surface area (Å²) in [6.45, 7) is 1.70. The van der Waals surface area contributed by atoms with Crippen molar-refractivity contribution in [2.24, 2.45) is 0 Å². The van der Waals surface area contributed by atoms with Gasteiger partial charge < -0.3 is 15.4 Å². The van der Waals surface area contributed by atoms with Gasteiger partial charge >= 0.3 is 0 Å². The zero-order valence-corrected chi connectivity index (χ0v) is 18.5. The van der Waals surface area contributed by atoms with Gasteiger partial charge in [-0.15, -0.1) is 0 Å². The van der Waals surface area contributed by atoms with Crippen LogP contribution in [0.5, 0.6) is 5.75 Å². The first kappa shape index (κ1) is 21.9. The van der Waals surface area contributed by atoms with Crippen LogP contribution in [0.4, 0.5) is 5.69 Å². The molecule has 2 N–H and O–H groups in total. The van der Waals surface area contributed by atoms with E-state index < -0.39 is 0 Å². The number of anilines is 1. The summed E-state index contributed by atoms with van der Waals surface area (Å²) in [5.74, 6) is -0.158. The van der Waals surface area contributed by atoms with Crippen LogP contribution in [0.2, 0.25) is 5.02 Å². The molecule has 1 atom stereocenters. The van der Waals surface area contributed by atoms with Crippen LogP contribution in [0.3, 0.4) is 0 Å². The van der Waals surface area contributed by atoms with E-state index in [0.29, 0.717) is 26.5 Å². The number of rotatable bonds is 7. The van der Waals surface area contributed by atoms with Crippen LogP contribution in [0.15, 0.2) is 77.3 Å². The fourth-order valence-electron chi connectivity index (χ4n) is 2.81. The highest BCUT2D eigenvalue weighted by Crippen LogP contribution is 2.28. The molecule has 5 nitrogen and oxygen atoms in total. The first-order valence-electron chi connectivity index (χ1n) is 9.26. The molecule has 0 spiro atoms. The Morgan fingerprint density at radius 2 is 1.73 bits per heavy atom. The number of carbonyl (C=O) groups excluding carboxylic acids is 2. The molecule has 3 rings (SSSR count). The van der Waals surface area contributed by atoms with Crippen LogP contribution in [0.25, 0.3) is 0 Å². The van der Waals surface area contributed by atoms with Gasteiger partial charge in [0.2, 0.25) is 0 Å². The third-order valence-corrected chi connectivity index (χ3v) is 5.20. The minimum Gasteiger partial charge on any atom is -0.483 e. The highest BCUT2D eigenvalue weighted by molar-refractivity contribution is 9.10. The van der Waals surface area contributed by atoms with E-state index in [1.54, 1.807) is 42.5 Å². The smallest absolute Gasteiger partial charge is 0.262 e. The number of ether oxygens (including phenoxy) is 1. The van der Waals surface area contributed by atoms with Crippen LogP contribution in [-0.4, -0.2) is 18.4 Å². The van der Waals surface area contributed by atoms with Crippen LogP contribution in [-0.2, 0) is 4.79 Å². The first-order valence-corrected chi connectivity index (χ1v) is 10.4. The molecule has 30 heavy (non-hydrogen) atoms. The molecule has 0 aliphatic rings. The van der Waals surface area contributed by atoms with Gasteiger partial charge in [0.1, 0.15) is 5.75 Å². The van der Waals surface area contributed by atoms with Crippen molar-refractivity contribution in [3.05, 3.63) is 93.4 Å². The second kappa shape index (κ2) is 10.3. The van der Waals surface area contributed by atoms with Gasteiger partial charge in [0, 0.05) is 5.02 Å². The molecule has 2 amide bonds. The van der Waals surface area contributed by atoms with E-state index in [1.807, 2.05) is 37.3 Å². The lowest BCUT2D eigenvalue weighted by atomic mass is 10.1. The maximum Gasteiger partial charge on any atom is 0.262 e. The predicted octanol–water partition coefficient (Wildman–Crippen LogP) is 5.61. The van der Waals surface area contributed by atoms with E-state index in [9.17, 15) is 9.59 Å². The molecule has 0 saturated carbocycles. The fourth-order valence-corrected chi connectivity index (χ4v) is 3.61. The number of benzene rings is 3. The highest BCUT2D eigenvalue weighted by Gasteiger charge is 2.16. The Bertz CT molecular complexity index is 1040. The summed E-state index contributed by atoms with van der Waals surface area (Å²) in [5, 5.41) is 6.25. The standard InChI is InChI=1S/C23H20BrClN2O3/c1-15(16-7-3-2-4-8-16)26-23(29)18-9-5-6-10-20(18)27-22(28)14-30-21-12-11-17(25)13-19(21)24/h2-13,15H,14H2,1H3,(H,26,29)(H,27,28). The van der Waals surface area contributed by atoms with E-state index in [2.05, 4.69) is 26.6 Å². The molecule has 0 radical (unpaired) electrons. The Kier molecular flexibility index (Phi) is 7.49. The maximum atomic E-state index is 12.8. The monoisotopic (exact) mass is 486 g/mol. The molecule has 0 bridgehead atoms. The van der Waals surface area contributed by atoms with E-state index in [1.165, 1.54) is 0 Å². The van der Waals surface area contributed by atoms with Crippen molar-refractivity contribution in [2.75, 3.05) is 11.9 Å². The van der Waals surface area contributed by atoms with E-state index in [-0.39, 0.29) is 24.5 Å². The number of nitrogens with one attached hydrogen (secondary N) is 2. The number of hydrogen-bond acceptors (Lipinski definition) is 3. The second-order valence-electron chi connectivity index (χ2n) is 6.56. The summed E-state index contributed by atoms with van der Waals surface area (Å²) >= 11 is 9.25. The van der Waals surface area contributed by atoms with Gasteiger partial charge in [0.05, 0.1) is 21.8 Å². The summed E-state index contributed by atoms with van der Waals surface area (Å²) in [5.41, 5.74) is 1.79. The Labute approximate surface area is 188 Å². The minimum atomic E-state index is -0.381. The van der Waals surface area contributed by atoms with Crippen molar-refractivity contribution < 1.29 is 14.3 Å². The van der Waals surface area contributed by atoms with Gasteiger partial charge in [-0.3, -0.25) is 9.59 Å². The third kappa shape index (κ3) is 5.84. The van der Waals surface area contributed by atoms with Crippen LogP contribution in [0, 0.1) is 0 Å². The van der Waals surface area contributed by atoms with E-state index in [4.69, 9.17) is 16.3 Å². The van der Waals surface area contributed by atoms with Crippen LogP contribution >= 0.6 is 27.5 Å². The predicted molar refractivity (Wildman–Crippen MR) is 122 cm³/mol. The average molecular weight is 488 g/mol. The summed E-state index contributed by atoms with van der Waals surface area (Å²) in [6.07, 6.45) is 0. The van der Waals surface area contributed by atoms with Crippen molar-refractivity contribution >= 4 is 45.0 Å². The zero-order valence-electron chi connectivity index (χ0n) is 16.2. The summed E-state index contributed by atoms with van der Waals surface area (Å²) in [7, 11) is 0. The maximum absolute atomic E-state index is 12.8. The summed E-state index contributed by atoms with van der Waals surface area (Å²) in [6, 6.07) is 21.4. The largest absolute Gasteiger partial charge is 0.483 e. The van der Waals surface area contributed by atoms with Gasteiger partial charge in [-0.05, 0) is 58.7 Å². The number of halogens is 2. The lowest BCUT2D eigenvalue weighted by Gasteiger charge is -2.16. The topological polar surface area (TPSA) is 67.4 Å². The molecule has 0 aromatic heterocycles. The fraction of sp³-hybridized carbons (Fsp3) is 0.130. The average Bonchev–Trinajstić information content (AvgIpc) is 2.74. The normalized spacial score (nSPS) is 11.4. The minimum absolute atomic E-state index is 0.173. The summed E-state index contributed by atoms with van der Waals surface area (Å²) in [4.78, 5) is 25.1. The molecule has 0 aliphatic heterocycles. The Morgan fingerprint density at radius 1 is 1.03 bits per heavy atom. The molecule has 3 aromatic carbocycles. The SMILES string of the molecule is CC(NC(=O)c1ccccc1NC(=O)COc1ccc(Cl)cc1Br)c1ccccc1. The van der Waals surface area contributed by atoms with E-state index in [0.717, 1.165) is 5.56 Å². The molecule has 3 aromatic rings. The molecular weight excluding hydrogens is 468 g/mol. The van der Waals surface area contributed by atoms with Crippen molar-refractivity contribution in [3.8, 4) is 5.75 Å². The molecule has 0 saturated heterocycles. The molecular formula is C23H20BrClN2O3. The van der Waals surface area contributed by atoms with Gasteiger partial charge in [0.25, 0.3) is 11.8 Å². The molecule has 1 unspecified atom stereocenters. The zero-order chi connectivity index (χ0) is 21.5. The van der Waals surface area contributed by atoms with Crippen molar-refractivity contribution in [1.82, 2.24) is 5.32 Å². The number of amides is 2. The lowest BCUT2D eigenvalue weighted by molar-refractivity contribution is -0.118. The molecule has 0 fully saturated rings. The molecule has 7 heteroatoms. The van der Waals surface area contributed by atoms with Gasteiger partial charge in [-0.1, -0.05) is 54.1 Å². The Balaban J connectivity index is 1.64. The van der Waals surface area contributed by atoms with Crippen molar-refractivity contribution in [1.29, 1.82) is 0 Å². The highest BCUT2D eigenvalue weighted by atomic mass is 79.9. The summed E-state index contributed by atoms with van der Waals surface area (Å²) < 4.78 is 6.18. The van der Waals surface area contributed by atoms with Gasteiger partial charge in [-0.2, -0.15) is 0 Å². The van der Waals surface area contributed by atoms with Crippen molar-refractivity contribution in [3.63, 3.8) is 0 Å². The molecule has 154 valence electrons. The van der Waals surface area contributed by atoms with E-state index >= 15 is 0 Å². The van der Waals surface area contributed by atoms with Crippen LogP contribution in [0.1, 0.15) is 28.9 Å². The second-order valence-corrected chi connectivity index (χ2v) is 7.85. The number of para-hydroxylation sites is 1. The molecule has 0 heterocycles. The third-order valence-electron chi connectivity index (χ3n) is 4.35. The lowest BCUT2D eigenvalue weighted by Crippen LogP contribution is -2.28. The molecule has 0 aliphatic carbocycles. The van der Waals surface area contributed by atoms with Crippen LogP contribution < -0.4 is 15.4 Å². The Morgan fingerprint density at radius 3 is 2.47 bits per heavy atom. The quantitative estimate of drug-likeness (QED) is 0.455. The van der Waals surface area contributed by atoms with Crippen molar-refractivity contribution in [2.45, 2.75) is 13.0 Å². The number of hydrogen-bond donors (Lipinski definition) is 2. The first-order chi connectivity index (χ1) is 14.4. The Hall–Kier alpha value is -2.83. The number of carbonyl (C=O) groups is 2.